The van der Waals surface area contributed by atoms with Crippen LogP contribution in [0.2, 0.25) is 0 Å². The minimum Gasteiger partial charge on any atom is -0.354 e. The Balaban J connectivity index is 1.61. The second-order valence-corrected chi connectivity index (χ2v) is 7.19. The van der Waals surface area contributed by atoms with Crippen LogP contribution < -0.4 is 5.32 Å². The van der Waals surface area contributed by atoms with Crippen LogP contribution in [0.1, 0.15) is 56.0 Å². The van der Waals surface area contributed by atoms with Crippen molar-refractivity contribution in [2.75, 3.05) is 6.54 Å². The van der Waals surface area contributed by atoms with Crippen molar-refractivity contribution >= 4 is 11.7 Å². The first-order valence-electron chi connectivity index (χ1n) is 9.38. The number of aromatic amines is 1. The molecule has 0 radical (unpaired) electrons. The number of H-pyrrole nitrogens is 1. The Hall–Kier alpha value is -3.15. The Kier molecular flexibility index (Phi) is 5.49. The molecule has 0 saturated heterocycles. The zero-order valence-corrected chi connectivity index (χ0v) is 17.0. The lowest BCUT2D eigenvalue weighted by atomic mass is 10.1. The number of benzene rings is 1. The summed E-state index contributed by atoms with van der Waals surface area (Å²) in [6, 6.07) is 10.2. The quantitative estimate of drug-likeness (QED) is 0.643. The fourth-order valence-corrected chi connectivity index (χ4v) is 3.61. The summed E-state index contributed by atoms with van der Waals surface area (Å²) in [5.41, 5.74) is 6.74. The SMILES string of the molecule is CC(=O)c1c(C)[nH]c(C(=O)NCCc2ccc(-n3nc(C)cc3C)cc2)c1C. The smallest absolute Gasteiger partial charge is 0.268 e. The van der Waals surface area contributed by atoms with Crippen molar-refractivity contribution in [3.8, 4) is 5.69 Å². The average molecular weight is 378 g/mol. The molecule has 0 unspecified atom stereocenters. The molecule has 0 aliphatic heterocycles. The van der Waals surface area contributed by atoms with Crippen LogP contribution in [0.3, 0.4) is 0 Å². The molecule has 6 heteroatoms. The van der Waals surface area contributed by atoms with E-state index in [1.165, 1.54) is 6.92 Å². The first-order valence-corrected chi connectivity index (χ1v) is 9.38. The maximum absolute atomic E-state index is 12.5. The van der Waals surface area contributed by atoms with Crippen LogP contribution in [0.15, 0.2) is 30.3 Å². The van der Waals surface area contributed by atoms with Gasteiger partial charge in [-0.15, -0.1) is 0 Å². The highest BCUT2D eigenvalue weighted by Crippen LogP contribution is 2.18. The molecular formula is C22H26N4O2. The Morgan fingerprint density at radius 2 is 1.79 bits per heavy atom. The normalized spacial score (nSPS) is 10.9. The lowest BCUT2D eigenvalue weighted by Gasteiger charge is -2.08. The molecule has 3 rings (SSSR count). The number of carbonyl (C=O) groups is 2. The average Bonchev–Trinajstić information content (AvgIpc) is 3.13. The van der Waals surface area contributed by atoms with Gasteiger partial charge in [0.15, 0.2) is 5.78 Å². The highest BCUT2D eigenvalue weighted by Gasteiger charge is 2.19. The fraction of sp³-hybridized carbons (Fsp3) is 0.318. The van der Waals surface area contributed by atoms with Gasteiger partial charge in [0.1, 0.15) is 5.69 Å². The molecule has 2 N–H and O–H groups in total. The van der Waals surface area contributed by atoms with E-state index in [0.717, 1.165) is 34.8 Å². The summed E-state index contributed by atoms with van der Waals surface area (Å²) in [4.78, 5) is 27.2. The van der Waals surface area contributed by atoms with Gasteiger partial charge in [-0.05, 0) is 70.4 Å². The number of nitrogens with zero attached hydrogens (tertiary/aromatic N) is 2. The predicted molar refractivity (Wildman–Crippen MR) is 109 cm³/mol. The summed E-state index contributed by atoms with van der Waals surface area (Å²) < 4.78 is 1.92. The molecule has 2 aromatic heterocycles. The first-order chi connectivity index (χ1) is 13.3. The number of carbonyl (C=O) groups excluding carboxylic acids is 2. The lowest BCUT2D eigenvalue weighted by Crippen LogP contribution is -2.26. The molecular weight excluding hydrogens is 352 g/mol. The van der Waals surface area contributed by atoms with Gasteiger partial charge < -0.3 is 10.3 Å². The maximum atomic E-state index is 12.5. The molecule has 0 bridgehead atoms. The molecule has 0 spiro atoms. The minimum atomic E-state index is -0.188. The van der Waals surface area contributed by atoms with E-state index in [0.29, 0.717) is 23.4 Å². The predicted octanol–water partition coefficient (Wildman–Crippen LogP) is 3.61. The van der Waals surface area contributed by atoms with Gasteiger partial charge in [0.2, 0.25) is 0 Å². The van der Waals surface area contributed by atoms with Crippen LogP contribution in [0, 0.1) is 27.7 Å². The van der Waals surface area contributed by atoms with Crippen LogP contribution in [-0.4, -0.2) is 33.0 Å². The molecule has 146 valence electrons. The van der Waals surface area contributed by atoms with Crippen LogP contribution in [-0.2, 0) is 6.42 Å². The van der Waals surface area contributed by atoms with Gasteiger partial charge in [-0.1, -0.05) is 12.1 Å². The molecule has 2 heterocycles. The number of amides is 1. The number of aromatic nitrogens is 3. The molecule has 0 fully saturated rings. The summed E-state index contributed by atoms with van der Waals surface area (Å²) in [5.74, 6) is -0.222. The summed E-state index contributed by atoms with van der Waals surface area (Å²) in [7, 11) is 0. The summed E-state index contributed by atoms with van der Waals surface area (Å²) in [6.45, 7) is 9.65. The van der Waals surface area contributed by atoms with E-state index in [9.17, 15) is 9.59 Å². The Morgan fingerprint density at radius 1 is 1.11 bits per heavy atom. The van der Waals surface area contributed by atoms with E-state index in [-0.39, 0.29) is 11.7 Å². The molecule has 28 heavy (non-hydrogen) atoms. The largest absolute Gasteiger partial charge is 0.354 e. The molecule has 1 amide bonds. The summed E-state index contributed by atoms with van der Waals surface area (Å²) in [6.07, 6.45) is 0.724. The van der Waals surface area contributed by atoms with Gasteiger partial charge in [-0.2, -0.15) is 5.10 Å². The minimum absolute atomic E-state index is 0.0343. The lowest BCUT2D eigenvalue weighted by molar-refractivity contribution is 0.0949. The van der Waals surface area contributed by atoms with Gasteiger partial charge in [-0.25, -0.2) is 4.68 Å². The van der Waals surface area contributed by atoms with E-state index in [2.05, 4.69) is 27.5 Å². The van der Waals surface area contributed by atoms with Crippen molar-refractivity contribution in [2.24, 2.45) is 0 Å². The second kappa shape index (κ2) is 7.84. The standard InChI is InChI=1S/C22H26N4O2/c1-13-12-14(2)26(25-13)19-8-6-18(7-9-19)10-11-23-22(28)21-15(3)20(17(5)27)16(4)24-21/h6-9,12,24H,10-11H2,1-5H3,(H,23,28). The van der Waals surface area contributed by atoms with Crippen LogP contribution in [0.5, 0.6) is 0 Å². The maximum Gasteiger partial charge on any atom is 0.268 e. The van der Waals surface area contributed by atoms with Crippen molar-refractivity contribution in [3.63, 3.8) is 0 Å². The van der Waals surface area contributed by atoms with Gasteiger partial charge in [0.25, 0.3) is 5.91 Å². The van der Waals surface area contributed by atoms with E-state index in [4.69, 9.17) is 0 Å². The number of hydrogen-bond donors (Lipinski definition) is 2. The number of rotatable bonds is 6. The van der Waals surface area contributed by atoms with Crippen LogP contribution in [0.25, 0.3) is 5.69 Å². The third kappa shape index (κ3) is 3.91. The van der Waals surface area contributed by atoms with Crippen molar-refractivity contribution in [1.82, 2.24) is 20.1 Å². The first kappa shape index (κ1) is 19.6. The van der Waals surface area contributed by atoms with Crippen molar-refractivity contribution < 1.29 is 9.59 Å². The number of aryl methyl sites for hydroxylation is 3. The number of ketones is 1. The van der Waals surface area contributed by atoms with Crippen molar-refractivity contribution in [3.05, 3.63) is 69.8 Å². The summed E-state index contributed by atoms with van der Waals surface area (Å²) >= 11 is 0. The van der Waals surface area contributed by atoms with Gasteiger partial charge in [0, 0.05) is 23.5 Å². The van der Waals surface area contributed by atoms with E-state index >= 15 is 0 Å². The van der Waals surface area contributed by atoms with Crippen molar-refractivity contribution in [1.29, 1.82) is 0 Å². The van der Waals surface area contributed by atoms with Gasteiger partial charge >= 0.3 is 0 Å². The zero-order valence-electron chi connectivity index (χ0n) is 17.0. The summed E-state index contributed by atoms with van der Waals surface area (Å²) in [5, 5.41) is 7.42. The molecule has 3 aromatic rings. The van der Waals surface area contributed by atoms with Gasteiger partial charge in [0.05, 0.1) is 11.4 Å². The molecule has 0 aliphatic carbocycles. The van der Waals surface area contributed by atoms with Crippen molar-refractivity contribution in [2.45, 2.75) is 41.0 Å². The highest BCUT2D eigenvalue weighted by atomic mass is 16.2. The zero-order chi connectivity index (χ0) is 20.4. The highest BCUT2D eigenvalue weighted by molar-refractivity contribution is 6.02. The third-order valence-corrected chi connectivity index (χ3v) is 4.91. The monoisotopic (exact) mass is 378 g/mol. The van der Waals surface area contributed by atoms with Crippen LogP contribution >= 0.6 is 0 Å². The molecule has 0 atom stereocenters. The Labute approximate surface area is 165 Å². The van der Waals surface area contributed by atoms with E-state index in [1.54, 1.807) is 6.92 Å². The molecule has 0 saturated carbocycles. The molecule has 0 aliphatic rings. The number of nitrogens with one attached hydrogen (secondary N) is 2. The Morgan fingerprint density at radius 3 is 2.32 bits per heavy atom. The molecule has 1 aromatic carbocycles. The Bertz CT molecular complexity index is 1030. The van der Waals surface area contributed by atoms with E-state index in [1.807, 2.05) is 43.7 Å². The number of hydrogen-bond acceptors (Lipinski definition) is 3. The number of Topliss-reactive ketones (excluding diaryl/α,β-unsaturated/α-hetero) is 1. The van der Waals surface area contributed by atoms with E-state index < -0.39 is 0 Å². The topological polar surface area (TPSA) is 79.8 Å². The third-order valence-electron chi connectivity index (χ3n) is 4.91. The molecule has 6 nitrogen and oxygen atoms in total. The second-order valence-electron chi connectivity index (χ2n) is 7.19. The van der Waals surface area contributed by atoms with Gasteiger partial charge in [-0.3, -0.25) is 9.59 Å². The van der Waals surface area contributed by atoms with Crippen LogP contribution in [0.4, 0.5) is 0 Å². The fourth-order valence-electron chi connectivity index (χ4n) is 3.61.